The molecule has 25 heavy (non-hydrogen) atoms. The van der Waals surface area contributed by atoms with Crippen LogP contribution in [0.1, 0.15) is 94.3 Å². The molecule has 0 fully saturated rings. The van der Waals surface area contributed by atoms with Gasteiger partial charge in [0.05, 0.1) is 5.56 Å². The number of pyridine rings is 1. The van der Waals surface area contributed by atoms with Crippen LogP contribution in [0.2, 0.25) is 0 Å². The van der Waals surface area contributed by atoms with Gasteiger partial charge in [0, 0.05) is 18.8 Å². The van der Waals surface area contributed by atoms with Gasteiger partial charge in [0.15, 0.2) is 0 Å². The Labute approximate surface area is 151 Å². The average Bonchev–Trinajstić information content (AvgIpc) is 2.61. The Kier molecular flexibility index (Phi) is 15.6. The van der Waals surface area contributed by atoms with Crippen LogP contribution >= 0.6 is 0 Å². The molecule has 0 aromatic carbocycles. The fraction of sp³-hybridized carbons (Fsp3) is 0.650. The average molecular weight is 351 g/mol. The minimum atomic E-state index is -0.942. The SMILES string of the molecule is CCCCCCCCCCCCCC(=O)O.O=C(O)c1cccnc1. The van der Waals surface area contributed by atoms with Crippen molar-refractivity contribution >= 4 is 11.9 Å². The molecule has 1 rings (SSSR count). The molecule has 0 spiro atoms. The van der Waals surface area contributed by atoms with E-state index in [-0.39, 0.29) is 5.56 Å². The van der Waals surface area contributed by atoms with Crippen molar-refractivity contribution in [2.45, 2.75) is 84.0 Å². The zero-order valence-electron chi connectivity index (χ0n) is 15.5. The highest BCUT2D eigenvalue weighted by Crippen LogP contribution is 2.11. The molecule has 0 aliphatic heterocycles. The first-order valence-corrected chi connectivity index (χ1v) is 9.43. The van der Waals surface area contributed by atoms with Gasteiger partial charge >= 0.3 is 11.9 Å². The van der Waals surface area contributed by atoms with Gasteiger partial charge < -0.3 is 10.2 Å². The zero-order valence-corrected chi connectivity index (χ0v) is 15.5. The van der Waals surface area contributed by atoms with E-state index in [1.165, 1.54) is 76.2 Å². The zero-order chi connectivity index (χ0) is 18.8. The third-order valence-electron chi connectivity index (χ3n) is 3.90. The molecule has 0 radical (unpaired) electrons. The topological polar surface area (TPSA) is 87.5 Å². The molecular formula is C20H33NO4. The lowest BCUT2D eigenvalue weighted by molar-refractivity contribution is -0.137. The van der Waals surface area contributed by atoms with Gasteiger partial charge in [0.25, 0.3) is 0 Å². The first-order valence-electron chi connectivity index (χ1n) is 9.43. The summed E-state index contributed by atoms with van der Waals surface area (Å²) in [6.07, 6.45) is 17.2. The molecule has 0 bridgehead atoms. The Hall–Kier alpha value is -1.91. The van der Waals surface area contributed by atoms with Gasteiger partial charge in [-0.05, 0) is 18.6 Å². The van der Waals surface area contributed by atoms with Crippen molar-refractivity contribution in [3.8, 4) is 0 Å². The summed E-state index contributed by atoms with van der Waals surface area (Å²) >= 11 is 0. The van der Waals surface area contributed by atoms with Crippen molar-refractivity contribution in [1.82, 2.24) is 4.98 Å². The highest BCUT2D eigenvalue weighted by molar-refractivity contribution is 5.86. The first-order chi connectivity index (χ1) is 12.1. The van der Waals surface area contributed by atoms with Crippen molar-refractivity contribution in [2.24, 2.45) is 0 Å². The maximum atomic E-state index is 10.3. The molecule has 1 aromatic rings. The molecule has 0 aliphatic rings. The predicted molar refractivity (Wildman–Crippen MR) is 99.9 cm³/mol. The van der Waals surface area contributed by atoms with Crippen LogP contribution in [0.15, 0.2) is 24.5 Å². The van der Waals surface area contributed by atoms with Gasteiger partial charge in [-0.25, -0.2) is 4.79 Å². The van der Waals surface area contributed by atoms with Crippen LogP contribution < -0.4 is 0 Å². The lowest BCUT2D eigenvalue weighted by Crippen LogP contribution is -1.94. The van der Waals surface area contributed by atoms with E-state index in [0.717, 1.165) is 12.8 Å². The Bertz CT molecular complexity index is 448. The number of aromatic carboxylic acids is 1. The summed E-state index contributed by atoms with van der Waals surface area (Å²) in [6.45, 7) is 2.25. The minimum absolute atomic E-state index is 0.220. The molecule has 0 amide bonds. The highest BCUT2D eigenvalue weighted by atomic mass is 16.4. The Morgan fingerprint density at radius 3 is 1.76 bits per heavy atom. The summed E-state index contributed by atoms with van der Waals surface area (Å²) in [7, 11) is 0. The van der Waals surface area contributed by atoms with Gasteiger partial charge in [-0.3, -0.25) is 9.78 Å². The van der Waals surface area contributed by atoms with E-state index in [4.69, 9.17) is 10.2 Å². The van der Waals surface area contributed by atoms with Crippen molar-refractivity contribution in [1.29, 1.82) is 0 Å². The quantitative estimate of drug-likeness (QED) is 0.455. The minimum Gasteiger partial charge on any atom is -0.481 e. The normalized spacial score (nSPS) is 9.96. The van der Waals surface area contributed by atoms with Crippen molar-refractivity contribution < 1.29 is 19.8 Å². The van der Waals surface area contributed by atoms with E-state index in [0.29, 0.717) is 6.42 Å². The number of unbranched alkanes of at least 4 members (excludes halogenated alkanes) is 10. The second kappa shape index (κ2) is 16.9. The lowest BCUT2D eigenvalue weighted by Gasteiger charge is -2.01. The monoisotopic (exact) mass is 351 g/mol. The Morgan fingerprint density at radius 1 is 0.880 bits per heavy atom. The van der Waals surface area contributed by atoms with Crippen LogP contribution in [-0.4, -0.2) is 27.1 Å². The fourth-order valence-corrected chi connectivity index (χ4v) is 2.43. The van der Waals surface area contributed by atoms with Gasteiger partial charge in [-0.1, -0.05) is 71.1 Å². The largest absolute Gasteiger partial charge is 0.481 e. The molecule has 0 aliphatic carbocycles. The highest BCUT2D eigenvalue weighted by Gasteiger charge is 1.98. The van der Waals surface area contributed by atoms with Crippen LogP contribution in [0.25, 0.3) is 0 Å². The van der Waals surface area contributed by atoms with Gasteiger partial charge in [0.1, 0.15) is 0 Å². The van der Waals surface area contributed by atoms with Crippen molar-refractivity contribution in [2.75, 3.05) is 0 Å². The molecular weight excluding hydrogens is 318 g/mol. The molecule has 142 valence electrons. The molecule has 0 saturated carbocycles. The molecule has 1 heterocycles. The summed E-state index contributed by atoms with van der Waals surface area (Å²) in [5.74, 6) is -1.60. The van der Waals surface area contributed by atoms with E-state index in [1.807, 2.05) is 0 Å². The number of hydrogen-bond acceptors (Lipinski definition) is 3. The number of carboxylic acids is 2. The number of nitrogens with zero attached hydrogens (tertiary/aromatic N) is 1. The smallest absolute Gasteiger partial charge is 0.337 e. The second-order valence-corrected chi connectivity index (χ2v) is 6.23. The van der Waals surface area contributed by atoms with Crippen LogP contribution in [0.4, 0.5) is 0 Å². The van der Waals surface area contributed by atoms with Gasteiger partial charge in [0.2, 0.25) is 0 Å². The van der Waals surface area contributed by atoms with Crippen molar-refractivity contribution in [3.63, 3.8) is 0 Å². The van der Waals surface area contributed by atoms with Gasteiger partial charge in [-0.2, -0.15) is 0 Å². The number of aliphatic carboxylic acids is 1. The number of carbonyl (C=O) groups is 2. The predicted octanol–water partition coefficient (Wildman–Crippen LogP) is 5.55. The fourth-order valence-electron chi connectivity index (χ4n) is 2.43. The maximum absolute atomic E-state index is 10.3. The standard InChI is InChI=1S/C14H28O2.C6H5NO2/c1-2-3-4-5-6-7-8-9-10-11-12-13-14(15)16;8-6(9)5-2-1-3-7-4-5/h2-13H2,1H3,(H,15,16);1-4H,(H,8,9). The summed E-state index contributed by atoms with van der Waals surface area (Å²) in [5.41, 5.74) is 0.220. The molecule has 5 heteroatoms. The number of aromatic nitrogens is 1. The molecule has 5 nitrogen and oxygen atoms in total. The maximum Gasteiger partial charge on any atom is 0.337 e. The summed E-state index contributed by atoms with van der Waals surface area (Å²) in [5, 5.41) is 16.8. The van der Waals surface area contributed by atoms with E-state index < -0.39 is 11.9 Å². The van der Waals surface area contributed by atoms with Crippen LogP contribution in [-0.2, 0) is 4.79 Å². The van der Waals surface area contributed by atoms with E-state index in [2.05, 4.69) is 11.9 Å². The van der Waals surface area contributed by atoms with E-state index in [1.54, 1.807) is 6.07 Å². The summed E-state index contributed by atoms with van der Waals surface area (Å²) < 4.78 is 0. The third kappa shape index (κ3) is 16.7. The van der Waals surface area contributed by atoms with E-state index >= 15 is 0 Å². The third-order valence-corrected chi connectivity index (χ3v) is 3.90. The molecule has 0 unspecified atom stereocenters. The van der Waals surface area contributed by atoms with Crippen LogP contribution in [0.5, 0.6) is 0 Å². The summed E-state index contributed by atoms with van der Waals surface area (Å²) in [6, 6.07) is 3.08. The van der Waals surface area contributed by atoms with Crippen LogP contribution in [0, 0.1) is 0 Å². The van der Waals surface area contributed by atoms with Gasteiger partial charge in [-0.15, -0.1) is 0 Å². The molecule has 0 saturated heterocycles. The van der Waals surface area contributed by atoms with Crippen molar-refractivity contribution in [3.05, 3.63) is 30.1 Å². The summed E-state index contributed by atoms with van der Waals surface area (Å²) in [4.78, 5) is 24.0. The molecule has 1 aromatic heterocycles. The molecule has 0 atom stereocenters. The second-order valence-electron chi connectivity index (χ2n) is 6.23. The Balaban J connectivity index is 0.000000535. The number of rotatable bonds is 13. The van der Waals surface area contributed by atoms with E-state index in [9.17, 15) is 9.59 Å². The number of carboxylic acid groups (broad SMARTS) is 2. The van der Waals surface area contributed by atoms with Crippen LogP contribution in [0.3, 0.4) is 0 Å². The molecule has 2 N–H and O–H groups in total. The first kappa shape index (κ1) is 23.1. The Morgan fingerprint density at radius 2 is 1.40 bits per heavy atom. The lowest BCUT2D eigenvalue weighted by atomic mass is 10.1. The number of hydrogen-bond donors (Lipinski definition) is 2.